The minimum Gasteiger partial charge on any atom is -0.493 e. The standard InChI is InChI=1S/C25H24ClN3O7S/c1-34-19-12-16(11-18(26)23(19)36-15-21(30)27-17-5-3-2-4-6-17)13-20-24(32)29(25(33)37-20)14-22(31)28-7-9-35-10-8-28/h2-6,11-13H,7-10,14-15H2,1H3,(H,27,30)/b20-13+. The Morgan fingerprint density at radius 3 is 2.59 bits per heavy atom. The van der Waals surface area contributed by atoms with E-state index in [1.165, 1.54) is 19.3 Å². The van der Waals surface area contributed by atoms with Crippen LogP contribution in [0.1, 0.15) is 5.56 Å². The summed E-state index contributed by atoms with van der Waals surface area (Å²) in [6, 6.07) is 12.0. The highest BCUT2D eigenvalue weighted by atomic mass is 35.5. The van der Waals surface area contributed by atoms with E-state index in [2.05, 4.69) is 5.32 Å². The molecule has 0 atom stereocenters. The molecule has 10 nitrogen and oxygen atoms in total. The molecule has 4 rings (SSSR count). The summed E-state index contributed by atoms with van der Waals surface area (Å²) in [7, 11) is 1.41. The van der Waals surface area contributed by atoms with Gasteiger partial charge < -0.3 is 24.4 Å². The number of nitrogens with zero attached hydrogens (tertiary/aromatic N) is 2. The molecule has 0 aromatic heterocycles. The van der Waals surface area contributed by atoms with Gasteiger partial charge in [0.1, 0.15) is 6.54 Å². The zero-order valence-corrected chi connectivity index (χ0v) is 21.5. The number of thioether (sulfide) groups is 1. The predicted octanol–water partition coefficient (Wildman–Crippen LogP) is 3.26. The molecule has 0 saturated carbocycles. The monoisotopic (exact) mass is 545 g/mol. The number of rotatable bonds is 8. The van der Waals surface area contributed by atoms with Gasteiger partial charge in [-0.05, 0) is 47.7 Å². The Bertz CT molecular complexity index is 1230. The molecule has 2 aromatic carbocycles. The Morgan fingerprint density at radius 1 is 1.16 bits per heavy atom. The molecule has 0 radical (unpaired) electrons. The molecule has 2 aliphatic heterocycles. The molecule has 0 unspecified atom stereocenters. The third-order valence-corrected chi connectivity index (χ3v) is 6.67. The van der Waals surface area contributed by atoms with E-state index in [0.717, 1.165) is 16.7 Å². The van der Waals surface area contributed by atoms with Gasteiger partial charge in [0.2, 0.25) is 5.91 Å². The Morgan fingerprint density at radius 2 is 1.89 bits per heavy atom. The SMILES string of the molecule is COc1cc(/C=C2/SC(=O)N(CC(=O)N3CCOCC3)C2=O)cc(Cl)c1OCC(=O)Nc1ccccc1. The first kappa shape index (κ1) is 26.5. The maximum Gasteiger partial charge on any atom is 0.294 e. The van der Waals surface area contributed by atoms with Crippen LogP contribution in [0.3, 0.4) is 0 Å². The molecule has 2 saturated heterocycles. The number of carbonyl (C=O) groups is 4. The number of hydrogen-bond donors (Lipinski definition) is 1. The third kappa shape index (κ3) is 6.62. The van der Waals surface area contributed by atoms with Crippen LogP contribution in [-0.2, 0) is 19.1 Å². The molecule has 12 heteroatoms. The number of nitrogens with one attached hydrogen (secondary N) is 1. The summed E-state index contributed by atoms with van der Waals surface area (Å²) in [5.74, 6) is -0.852. The number of hydrogen-bond acceptors (Lipinski definition) is 8. The lowest BCUT2D eigenvalue weighted by Gasteiger charge is -2.28. The summed E-state index contributed by atoms with van der Waals surface area (Å²) in [6.45, 7) is 1.06. The largest absolute Gasteiger partial charge is 0.493 e. The number of para-hydroxylation sites is 1. The molecule has 0 aliphatic carbocycles. The van der Waals surface area contributed by atoms with E-state index in [-0.39, 0.29) is 46.4 Å². The van der Waals surface area contributed by atoms with Crippen LogP contribution in [0.5, 0.6) is 11.5 Å². The lowest BCUT2D eigenvalue weighted by atomic mass is 10.1. The van der Waals surface area contributed by atoms with Gasteiger partial charge in [0.25, 0.3) is 17.1 Å². The van der Waals surface area contributed by atoms with Gasteiger partial charge in [0.15, 0.2) is 18.1 Å². The maximum absolute atomic E-state index is 12.9. The lowest BCUT2D eigenvalue weighted by Crippen LogP contribution is -2.46. The number of ether oxygens (including phenoxy) is 3. The zero-order chi connectivity index (χ0) is 26.4. The van der Waals surface area contributed by atoms with Crippen molar-refractivity contribution in [3.8, 4) is 11.5 Å². The lowest BCUT2D eigenvalue weighted by molar-refractivity contribution is -0.139. The quantitative estimate of drug-likeness (QED) is 0.503. The number of anilines is 1. The van der Waals surface area contributed by atoms with Crippen LogP contribution in [0.4, 0.5) is 10.5 Å². The fraction of sp³-hybridized carbons (Fsp3) is 0.280. The highest BCUT2D eigenvalue weighted by Gasteiger charge is 2.37. The fourth-order valence-electron chi connectivity index (χ4n) is 3.66. The van der Waals surface area contributed by atoms with Gasteiger partial charge in [-0.15, -0.1) is 0 Å². The van der Waals surface area contributed by atoms with Gasteiger partial charge in [-0.1, -0.05) is 29.8 Å². The second kappa shape index (κ2) is 12.1. The number of halogens is 1. The van der Waals surface area contributed by atoms with Crippen molar-refractivity contribution in [2.75, 3.05) is 51.9 Å². The van der Waals surface area contributed by atoms with Crippen LogP contribution in [0.2, 0.25) is 5.02 Å². The van der Waals surface area contributed by atoms with Gasteiger partial charge >= 0.3 is 0 Å². The van der Waals surface area contributed by atoms with Crippen LogP contribution >= 0.6 is 23.4 Å². The van der Waals surface area contributed by atoms with Crippen molar-refractivity contribution in [3.05, 3.63) is 58.0 Å². The van der Waals surface area contributed by atoms with Gasteiger partial charge in [0, 0.05) is 18.8 Å². The summed E-state index contributed by atoms with van der Waals surface area (Å²) in [5, 5.41) is 2.33. The average molecular weight is 546 g/mol. The smallest absolute Gasteiger partial charge is 0.294 e. The number of benzene rings is 2. The highest BCUT2D eigenvalue weighted by Crippen LogP contribution is 2.39. The molecular formula is C25H24ClN3O7S. The number of imide groups is 1. The highest BCUT2D eigenvalue weighted by molar-refractivity contribution is 8.18. The Labute approximate surface area is 222 Å². The van der Waals surface area contributed by atoms with Crippen molar-refractivity contribution >= 4 is 58.1 Å². The van der Waals surface area contributed by atoms with Crippen molar-refractivity contribution in [2.24, 2.45) is 0 Å². The van der Waals surface area contributed by atoms with Crippen LogP contribution in [0.25, 0.3) is 6.08 Å². The van der Waals surface area contributed by atoms with E-state index >= 15 is 0 Å². The van der Waals surface area contributed by atoms with Crippen molar-refractivity contribution < 1.29 is 33.4 Å². The molecule has 2 heterocycles. The summed E-state index contributed by atoms with van der Waals surface area (Å²) in [4.78, 5) is 52.7. The molecule has 4 amide bonds. The van der Waals surface area contributed by atoms with E-state index in [9.17, 15) is 19.2 Å². The van der Waals surface area contributed by atoms with Crippen molar-refractivity contribution in [3.63, 3.8) is 0 Å². The number of morpholine rings is 1. The van der Waals surface area contributed by atoms with Gasteiger partial charge in [-0.2, -0.15) is 0 Å². The van der Waals surface area contributed by atoms with Gasteiger partial charge in [0.05, 0.1) is 30.3 Å². The number of amides is 4. The zero-order valence-electron chi connectivity index (χ0n) is 19.9. The molecule has 194 valence electrons. The molecule has 37 heavy (non-hydrogen) atoms. The summed E-state index contributed by atoms with van der Waals surface area (Å²) in [5.41, 5.74) is 1.11. The van der Waals surface area contributed by atoms with Crippen molar-refractivity contribution in [2.45, 2.75) is 0 Å². The second-order valence-corrected chi connectivity index (χ2v) is 9.40. The normalized spacial score (nSPS) is 16.8. The van der Waals surface area contributed by atoms with Gasteiger partial charge in [-0.25, -0.2) is 0 Å². The number of carbonyl (C=O) groups excluding carboxylic acids is 4. The van der Waals surface area contributed by atoms with Crippen LogP contribution in [-0.4, -0.2) is 79.3 Å². The molecule has 1 N–H and O–H groups in total. The predicted molar refractivity (Wildman–Crippen MR) is 139 cm³/mol. The summed E-state index contributed by atoms with van der Waals surface area (Å²) >= 11 is 7.13. The van der Waals surface area contributed by atoms with E-state index in [0.29, 0.717) is 37.6 Å². The summed E-state index contributed by atoms with van der Waals surface area (Å²) in [6.07, 6.45) is 1.49. The molecule has 2 aromatic rings. The van der Waals surface area contributed by atoms with Crippen molar-refractivity contribution in [1.82, 2.24) is 9.80 Å². The molecule has 2 fully saturated rings. The molecular weight excluding hydrogens is 522 g/mol. The van der Waals surface area contributed by atoms with E-state index in [4.69, 9.17) is 25.8 Å². The Kier molecular flexibility index (Phi) is 8.70. The van der Waals surface area contributed by atoms with E-state index in [1.54, 1.807) is 35.2 Å². The van der Waals surface area contributed by atoms with E-state index < -0.39 is 11.1 Å². The number of methoxy groups -OCH3 is 1. The van der Waals surface area contributed by atoms with Crippen molar-refractivity contribution in [1.29, 1.82) is 0 Å². The molecule has 2 aliphatic rings. The first-order valence-electron chi connectivity index (χ1n) is 11.3. The minimum absolute atomic E-state index is 0.147. The molecule has 0 bridgehead atoms. The van der Waals surface area contributed by atoms with Crippen LogP contribution in [0.15, 0.2) is 47.4 Å². The second-order valence-electron chi connectivity index (χ2n) is 8.00. The minimum atomic E-state index is -0.565. The van der Waals surface area contributed by atoms with E-state index in [1.807, 2.05) is 6.07 Å². The van der Waals surface area contributed by atoms with Gasteiger partial charge in [-0.3, -0.25) is 24.1 Å². The molecule has 0 spiro atoms. The van der Waals surface area contributed by atoms with Crippen LogP contribution in [0, 0.1) is 0 Å². The summed E-state index contributed by atoms with van der Waals surface area (Å²) < 4.78 is 16.2. The third-order valence-electron chi connectivity index (χ3n) is 5.49. The fourth-order valence-corrected chi connectivity index (χ4v) is 4.77. The average Bonchev–Trinajstić information content (AvgIpc) is 3.16. The Balaban J connectivity index is 1.43. The topological polar surface area (TPSA) is 114 Å². The first-order chi connectivity index (χ1) is 17.9. The Hall–Kier alpha value is -3.54. The van der Waals surface area contributed by atoms with Crippen LogP contribution < -0.4 is 14.8 Å². The maximum atomic E-state index is 12.9. The first-order valence-corrected chi connectivity index (χ1v) is 12.5.